The smallest absolute Gasteiger partial charge is 0.0714 e. The lowest BCUT2D eigenvalue weighted by Crippen LogP contribution is -2.39. The van der Waals surface area contributed by atoms with E-state index in [1.165, 1.54) is 75.4 Å². The fraction of sp³-hybridized carbons (Fsp3) is 0.120. The number of fused-ring (bicyclic) bond motifs is 7. The van der Waals surface area contributed by atoms with E-state index >= 15 is 0 Å². The number of rotatable bonds is 7. The molecule has 53 heavy (non-hydrogen) atoms. The molecule has 1 N–H and O–H groups in total. The molecule has 0 saturated carbocycles. The highest BCUT2D eigenvalue weighted by Crippen LogP contribution is 2.65. The van der Waals surface area contributed by atoms with Crippen LogP contribution < -0.4 is 5.32 Å². The molecule has 5 aromatic rings. The van der Waals surface area contributed by atoms with Gasteiger partial charge in [-0.05, 0) is 113 Å². The second-order valence-electron chi connectivity index (χ2n) is 13.9. The molecule has 0 saturated heterocycles. The van der Waals surface area contributed by atoms with E-state index in [2.05, 4.69) is 183 Å². The van der Waals surface area contributed by atoms with Crippen LogP contribution in [0.2, 0.25) is 0 Å². The van der Waals surface area contributed by atoms with E-state index < -0.39 is 5.41 Å². The van der Waals surface area contributed by atoms with E-state index in [4.69, 9.17) is 0 Å². The van der Waals surface area contributed by atoms with Crippen molar-refractivity contribution >= 4 is 29.2 Å². The van der Waals surface area contributed by atoms with E-state index in [1.807, 2.05) is 23.5 Å². The minimum absolute atomic E-state index is 0.428. The van der Waals surface area contributed by atoms with E-state index in [0.717, 1.165) is 36.9 Å². The van der Waals surface area contributed by atoms with Gasteiger partial charge >= 0.3 is 0 Å². The highest BCUT2D eigenvalue weighted by Gasteiger charge is 2.51. The van der Waals surface area contributed by atoms with Gasteiger partial charge in [0.15, 0.2) is 0 Å². The number of nitrogens with one attached hydrogen (secondary N) is 1. The summed E-state index contributed by atoms with van der Waals surface area (Å²) in [6.45, 7) is 6.76. The second kappa shape index (κ2) is 14.3. The van der Waals surface area contributed by atoms with Crippen LogP contribution >= 0.6 is 23.5 Å². The lowest BCUT2D eigenvalue weighted by Gasteiger charge is -2.49. The molecule has 0 atom stereocenters. The maximum Gasteiger partial charge on any atom is 0.0714 e. The zero-order chi connectivity index (χ0) is 35.8. The van der Waals surface area contributed by atoms with Gasteiger partial charge in [-0.1, -0.05) is 164 Å². The van der Waals surface area contributed by atoms with Crippen LogP contribution in [-0.4, -0.2) is 0 Å². The summed E-state index contributed by atoms with van der Waals surface area (Å²) < 4.78 is 0. The quantitative estimate of drug-likeness (QED) is 0.168. The third-order valence-corrected chi connectivity index (χ3v) is 13.3. The minimum Gasteiger partial charge on any atom is -0.358 e. The van der Waals surface area contributed by atoms with Crippen LogP contribution in [0.4, 0.5) is 5.69 Å². The van der Waals surface area contributed by atoms with Gasteiger partial charge in [0, 0.05) is 36.5 Å². The Morgan fingerprint density at radius 1 is 0.698 bits per heavy atom. The maximum absolute atomic E-state index is 4.59. The normalized spacial score (nSPS) is 17.2. The first-order chi connectivity index (χ1) is 26.2. The summed E-state index contributed by atoms with van der Waals surface area (Å²) in [7, 11) is 0. The Kier molecular flexibility index (Phi) is 9.07. The van der Waals surface area contributed by atoms with Crippen molar-refractivity contribution in [2.75, 3.05) is 5.32 Å². The first-order valence-corrected chi connectivity index (χ1v) is 20.2. The lowest BCUT2D eigenvalue weighted by molar-refractivity contribution is 0.628. The molecule has 0 unspecified atom stereocenters. The summed E-state index contributed by atoms with van der Waals surface area (Å²) in [6, 6.07) is 46.7. The second-order valence-corrected chi connectivity index (χ2v) is 16.0. The van der Waals surface area contributed by atoms with Gasteiger partial charge in [0.1, 0.15) is 0 Å². The molecule has 2 heterocycles. The first kappa shape index (κ1) is 33.6. The van der Waals surface area contributed by atoms with Crippen molar-refractivity contribution in [3.05, 3.63) is 226 Å². The number of benzene rings is 5. The van der Waals surface area contributed by atoms with Gasteiger partial charge in [-0.2, -0.15) is 0 Å². The number of anilines is 1. The van der Waals surface area contributed by atoms with Gasteiger partial charge in [0.25, 0.3) is 0 Å². The molecule has 2 aliphatic carbocycles. The average molecular weight is 720 g/mol. The molecule has 5 aromatic carbocycles. The highest BCUT2D eigenvalue weighted by atomic mass is 32.2. The molecule has 0 bridgehead atoms. The van der Waals surface area contributed by atoms with E-state index in [-0.39, 0.29) is 0 Å². The van der Waals surface area contributed by atoms with Crippen LogP contribution in [0.3, 0.4) is 0 Å². The Balaban J connectivity index is 1.20. The van der Waals surface area contributed by atoms with Crippen LogP contribution in [0.1, 0.15) is 49.3 Å². The summed E-state index contributed by atoms with van der Waals surface area (Å²) in [5.74, 6) is 0. The highest BCUT2D eigenvalue weighted by molar-refractivity contribution is 8.03. The third kappa shape index (κ3) is 5.84. The summed E-state index contributed by atoms with van der Waals surface area (Å²) in [4.78, 5) is 5.39. The Hall–Kier alpha value is -5.22. The summed E-state index contributed by atoms with van der Waals surface area (Å²) in [5, 5.41) is 3.68. The Labute approximate surface area is 322 Å². The number of thioether (sulfide) groups is 1. The third-order valence-electron chi connectivity index (χ3n) is 10.9. The predicted octanol–water partition coefficient (Wildman–Crippen LogP) is 14.0. The summed E-state index contributed by atoms with van der Waals surface area (Å²) >= 11 is 3.87. The molecule has 4 aliphatic rings. The van der Waals surface area contributed by atoms with E-state index in [0.29, 0.717) is 0 Å². The zero-order valence-corrected chi connectivity index (χ0v) is 31.6. The Morgan fingerprint density at radius 3 is 2.11 bits per heavy atom. The van der Waals surface area contributed by atoms with E-state index in [1.54, 1.807) is 0 Å². The maximum atomic E-state index is 4.59. The summed E-state index contributed by atoms with van der Waals surface area (Å²) in [6.07, 6.45) is 17.7. The molecule has 9 rings (SSSR count). The Morgan fingerprint density at radius 2 is 1.38 bits per heavy atom. The van der Waals surface area contributed by atoms with Crippen LogP contribution in [0.15, 0.2) is 224 Å². The Bertz CT molecular complexity index is 2390. The molecular weight excluding hydrogens is 679 g/mol. The molecule has 2 aliphatic heterocycles. The molecule has 1 spiro atoms. The number of hydrogen-bond acceptors (Lipinski definition) is 3. The molecule has 3 heteroatoms. The van der Waals surface area contributed by atoms with Gasteiger partial charge in [-0.3, -0.25) is 0 Å². The molecule has 1 nitrogen and oxygen atoms in total. The van der Waals surface area contributed by atoms with Gasteiger partial charge in [0.2, 0.25) is 0 Å². The van der Waals surface area contributed by atoms with Gasteiger partial charge in [-0.15, -0.1) is 0 Å². The van der Waals surface area contributed by atoms with Gasteiger partial charge < -0.3 is 5.32 Å². The molecular formula is C50H41NS2. The minimum atomic E-state index is -0.428. The first-order valence-electron chi connectivity index (χ1n) is 18.6. The number of hydrogen-bond donors (Lipinski definition) is 1. The molecule has 0 fully saturated rings. The number of allylic oxidation sites excluding steroid dienone is 12. The fourth-order valence-electron chi connectivity index (χ4n) is 8.58. The van der Waals surface area contributed by atoms with Crippen LogP contribution in [0, 0.1) is 0 Å². The van der Waals surface area contributed by atoms with Crippen LogP contribution in [0.25, 0.3) is 11.1 Å². The van der Waals surface area contributed by atoms with Crippen molar-refractivity contribution in [3.63, 3.8) is 0 Å². The molecule has 258 valence electrons. The van der Waals surface area contributed by atoms with Crippen molar-refractivity contribution in [3.8, 4) is 11.1 Å². The molecule has 0 amide bonds. The van der Waals surface area contributed by atoms with Crippen molar-refractivity contribution in [2.45, 2.75) is 52.7 Å². The zero-order valence-electron chi connectivity index (χ0n) is 29.9. The SMILES string of the molecule is C=C(/C=C\C(=C/C)C1=CCCC2=C1Sc1cccc(-c3ccccc3)c1C21c2ccccc2Sc2ccccc21)C1=C(Nc2ccccc2)CCC=C1. The molecule has 0 aromatic heterocycles. The lowest BCUT2D eigenvalue weighted by atomic mass is 9.60. The van der Waals surface area contributed by atoms with Crippen molar-refractivity contribution in [1.82, 2.24) is 0 Å². The topological polar surface area (TPSA) is 12.0 Å². The van der Waals surface area contributed by atoms with Gasteiger partial charge in [-0.25, -0.2) is 0 Å². The number of para-hydroxylation sites is 1. The van der Waals surface area contributed by atoms with Crippen molar-refractivity contribution in [1.29, 1.82) is 0 Å². The summed E-state index contributed by atoms with van der Waals surface area (Å²) in [5.41, 5.74) is 14.9. The monoisotopic (exact) mass is 719 g/mol. The van der Waals surface area contributed by atoms with Crippen molar-refractivity contribution < 1.29 is 0 Å². The predicted molar refractivity (Wildman–Crippen MR) is 226 cm³/mol. The van der Waals surface area contributed by atoms with E-state index in [9.17, 15) is 0 Å². The van der Waals surface area contributed by atoms with Crippen LogP contribution in [-0.2, 0) is 5.41 Å². The fourth-order valence-corrected chi connectivity index (χ4v) is 11.2. The van der Waals surface area contributed by atoms with Crippen molar-refractivity contribution in [2.24, 2.45) is 0 Å². The van der Waals surface area contributed by atoms with Gasteiger partial charge in [0.05, 0.1) is 5.41 Å². The average Bonchev–Trinajstić information content (AvgIpc) is 3.21. The molecule has 0 radical (unpaired) electrons. The largest absolute Gasteiger partial charge is 0.358 e. The standard InChI is InChI=1S/C50H41NS2/c1-3-35(33-32-34(2)38-22-10-13-28-44(38)51-37-20-8-5-9-21-37)40-24-16-27-43-49(40)53-47-31-17-23-39(36-18-6-4-7-19-36)48(47)50(43)41-25-11-14-29-45(41)52-46-30-15-12-26-42(46)50/h3-12,14-15,17-26,29-33,51H,2,13,16,27-28H2,1H3/b33-32-,35-3+. The van der Waals surface area contributed by atoms with Crippen LogP contribution in [0.5, 0.6) is 0 Å².